The maximum absolute atomic E-state index is 11.9. The van der Waals surface area contributed by atoms with Gasteiger partial charge in [0, 0.05) is 18.7 Å². The van der Waals surface area contributed by atoms with Crippen LogP contribution in [0.25, 0.3) is 16.7 Å². The number of carbonyl (C=O) groups is 1. The van der Waals surface area contributed by atoms with Gasteiger partial charge in [-0.3, -0.25) is 4.57 Å². The number of nitrogens with one attached hydrogen (secondary N) is 1. The molecule has 0 aliphatic rings. The van der Waals surface area contributed by atoms with Gasteiger partial charge in [0.2, 0.25) is 0 Å². The highest BCUT2D eigenvalue weighted by atomic mass is 16.6. The predicted octanol–water partition coefficient (Wildman–Crippen LogP) is 3.96. The molecule has 3 rings (SSSR count). The first-order chi connectivity index (χ1) is 12.9. The lowest BCUT2D eigenvalue weighted by atomic mass is 10.2. The Morgan fingerprint density at radius 3 is 2.63 bits per heavy atom. The van der Waals surface area contributed by atoms with Crippen molar-refractivity contribution < 1.29 is 9.53 Å². The highest BCUT2D eigenvalue weighted by Gasteiger charge is 2.17. The van der Waals surface area contributed by atoms with Gasteiger partial charge < -0.3 is 10.1 Å². The van der Waals surface area contributed by atoms with Crippen molar-refractivity contribution in [3.8, 4) is 11.8 Å². The fourth-order valence-corrected chi connectivity index (χ4v) is 2.82. The maximum Gasteiger partial charge on any atom is 0.407 e. The molecule has 1 amide bonds. The quantitative estimate of drug-likeness (QED) is 0.762. The number of imidazole rings is 1. The van der Waals surface area contributed by atoms with Crippen LogP contribution in [0.5, 0.6) is 0 Å². The van der Waals surface area contributed by atoms with Crippen LogP contribution in [0.4, 0.5) is 4.79 Å². The molecule has 0 saturated heterocycles. The van der Waals surface area contributed by atoms with Crippen molar-refractivity contribution in [2.75, 3.05) is 6.54 Å². The Morgan fingerprint density at radius 2 is 1.96 bits per heavy atom. The Morgan fingerprint density at radius 1 is 1.22 bits per heavy atom. The first-order valence-electron chi connectivity index (χ1n) is 8.81. The topological polar surface area (TPSA) is 79.9 Å². The smallest absolute Gasteiger partial charge is 0.407 e. The van der Waals surface area contributed by atoms with Gasteiger partial charge in [-0.25, -0.2) is 9.78 Å². The molecule has 138 valence electrons. The van der Waals surface area contributed by atoms with Crippen molar-refractivity contribution >= 4 is 17.1 Å². The van der Waals surface area contributed by atoms with Gasteiger partial charge in [-0.2, -0.15) is 5.26 Å². The molecule has 0 fully saturated rings. The van der Waals surface area contributed by atoms with E-state index in [4.69, 9.17) is 9.72 Å². The number of alkyl carbamates (subject to hydrolysis) is 1. The summed E-state index contributed by atoms with van der Waals surface area (Å²) in [6.07, 6.45) is 0.0849. The second-order valence-electron chi connectivity index (χ2n) is 7.19. The number of para-hydroxylation sites is 1. The zero-order chi connectivity index (χ0) is 19.4. The van der Waals surface area contributed by atoms with E-state index in [1.54, 1.807) is 6.07 Å². The molecule has 0 unspecified atom stereocenters. The Kier molecular flexibility index (Phi) is 5.13. The molecule has 0 atom stereocenters. The van der Waals surface area contributed by atoms with E-state index in [-0.39, 0.29) is 0 Å². The molecule has 27 heavy (non-hydrogen) atoms. The number of nitriles is 1. The number of ether oxygens (including phenoxy) is 1. The van der Waals surface area contributed by atoms with E-state index in [0.717, 1.165) is 22.5 Å². The van der Waals surface area contributed by atoms with Gasteiger partial charge in [0.15, 0.2) is 0 Å². The largest absolute Gasteiger partial charge is 0.444 e. The van der Waals surface area contributed by atoms with Crippen LogP contribution in [0, 0.1) is 11.3 Å². The Labute approximate surface area is 158 Å². The van der Waals surface area contributed by atoms with Gasteiger partial charge >= 0.3 is 6.09 Å². The molecule has 0 spiro atoms. The van der Waals surface area contributed by atoms with Gasteiger partial charge in [-0.05, 0) is 51.1 Å². The SMILES string of the molecule is CC(C)(C)OC(=O)NCCc1nc2ccc(C#N)cc2n1-c1ccccc1. The lowest BCUT2D eigenvalue weighted by Gasteiger charge is -2.19. The summed E-state index contributed by atoms with van der Waals surface area (Å²) >= 11 is 0. The van der Waals surface area contributed by atoms with E-state index in [0.29, 0.717) is 18.5 Å². The van der Waals surface area contributed by atoms with E-state index in [9.17, 15) is 10.1 Å². The van der Waals surface area contributed by atoms with Crippen LogP contribution in [0.15, 0.2) is 48.5 Å². The van der Waals surface area contributed by atoms with Crippen LogP contribution in [-0.4, -0.2) is 27.8 Å². The molecule has 3 aromatic rings. The fourth-order valence-electron chi connectivity index (χ4n) is 2.82. The number of nitrogens with zero attached hydrogens (tertiary/aromatic N) is 3. The number of rotatable bonds is 4. The lowest BCUT2D eigenvalue weighted by molar-refractivity contribution is 0.0528. The van der Waals surface area contributed by atoms with Crippen LogP contribution in [0.2, 0.25) is 0 Å². The third-order valence-electron chi connectivity index (χ3n) is 3.88. The normalized spacial score (nSPS) is 11.2. The van der Waals surface area contributed by atoms with Gasteiger partial charge in [-0.1, -0.05) is 18.2 Å². The van der Waals surface area contributed by atoms with Crippen LogP contribution in [-0.2, 0) is 11.2 Å². The minimum absolute atomic E-state index is 0.399. The van der Waals surface area contributed by atoms with E-state index in [1.165, 1.54) is 0 Å². The van der Waals surface area contributed by atoms with Crippen molar-refractivity contribution in [1.82, 2.24) is 14.9 Å². The van der Waals surface area contributed by atoms with Gasteiger partial charge in [0.1, 0.15) is 11.4 Å². The van der Waals surface area contributed by atoms with E-state index in [2.05, 4.69) is 11.4 Å². The summed E-state index contributed by atoms with van der Waals surface area (Å²) in [6.45, 7) is 5.88. The van der Waals surface area contributed by atoms with E-state index >= 15 is 0 Å². The minimum atomic E-state index is -0.533. The number of hydrogen-bond acceptors (Lipinski definition) is 4. The number of fused-ring (bicyclic) bond motifs is 1. The number of hydrogen-bond donors (Lipinski definition) is 1. The minimum Gasteiger partial charge on any atom is -0.444 e. The second-order valence-corrected chi connectivity index (χ2v) is 7.19. The molecular weight excluding hydrogens is 340 g/mol. The van der Waals surface area contributed by atoms with Crippen molar-refractivity contribution in [2.24, 2.45) is 0 Å². The number of amides is 1. The first-order valence-corrected chi connectivity index (χ1v) is 8.81. The molecule has 6 heteroatoms. The van der Waals surface area contributed by atoms with Crippen molar-refractivity contribution in [2.45, 2.75) is 32.8 Å². The second kappa shape index (κ2) is 7.50. The van der Waals surface area contributed by atoms with Gasteiger partial charge in [-0.15, -0.1) is 0 Å². The first kappa shape index (κ1) is 18.5. The van der Waals surface area contributed by atoms with E-state index < -0.39 is 11.7 Å². The Balaban J connectivity index is 1.89. The summed E-state index contributed by atoms with van der Waals surface area (Å²) in [6, 6.07) is 17.5. The molecular formula is C21H22N4O2. The zero-order valence-corrected chi connectivity index (χ0v) is 15.7. The highest BCUT2D eigenvalue weighted by molar-refractivity contribution is 5.80. The van der Waals surface area contributed by atoms with Crippen LogP contribution >= 0.6 is 0 Å². The zero-order valence-electron chi connectivity index (χ0n) is 15.7. The third-order valence-corrected chi connectivity index (χ3v) is 3.88. The molecule has 0 bridgehead atoms. The van der Waals surface area contributed by atoms with Gasteiger partial charge in [0.05, 0.1) is 22.7 Å². The number of carbonyl (C=O) groups excluding carboxylic acids is 1. The lowest BCUT2D eigenvalue weighted by Crippen LogP contribution is -2.33. The summed E-state index contributed by atoms with van der Waals surface area (Å²) in [5.74, 6) is 0.808. The maximum atomic E-state index is 11.9. The van der Waals surface area contributed by atoms with E-state index in [1.807, 2.05) is 67.8 Å². The van der Waals surface area contributed by atoms with Crippen molar-refractivity contribution in [3.63, 3.8) is 0 Å². The summed E-state index contributed by atoms with van der Waals surface area (Å²) < 4.78 is 7.29. The summed E-state index contributed by atoms with van der Waals surface area (Å²) in [4.78, 5) is 16.6. The molecule has 6 nitrogen and oxygen atoms in total. The molecule has 0 saturated carbocycles. The highest BCUT2D eigenvalue weighted by Crippen LogP contribution is 2.23. The van der Waals surface area contributed by atoms with Crippen molar-refractivity contribution in [1.29, 1.82) is 5.26 Å². The summed E-state index contributed by atoms with van der Waals surface area (Å²) in [5, 5.41) is 12.0. The molecule has 0 aliphatic carbocycles. The average Bonchev–Trinajstić information content (AvgIpc) is 2.98. The summed E-state index contributed by atoms with van der Waals surface area (Å²) in [5.41, 5.74) is 2.69. The fraction of sp³-hybridized carbons (Fsp3) is 0.286. The van der Waals surface area contributed by atoms with Gasteiger partial charge in [0.25, 0.3) is 0 Å². The molecule has 2 aromatic carbocycles. The molecule has 0 aliphatic heterocycles. The third kappa shape index (κ3) is 4.45. The molecule has 0 radical (unpaired) electrons. The number of aromatic nitrogens is 2. The van der Waals surface area contributed by atoms with Crippen LogP contribution < -0.4 is 5.32 Å². The number of benzene rings is 2. The molecule has 1 heterocycles. The molecule has 1 N–H and O–H groups in total. The Hall–Kier alpha value is -3.33. The van der Waals surface area contributed by atoms with Crippen LogP contribution in [0.1, 0.15) is 32.2 Å². The Bertz CT molecular complexity index is 995. The average molecular weight is 362 g/mol. The standard InChI is InChI=1S/C21H22N4O2/c1-21(2,3)27-20(26)23-12-11-19-24-17-10-9-15(14-22)13-18(17)25(19)16-7-5-4-6-8-16/h4-10,13H,11-12H2,1-3H3,(H,23,26). The monoisotopic (exact) mass is 362 g/mol. The van der Waals surface area contributed by atoms with Crippen molar-refractivity contribution in [3.05, 3.63) is 59.9 Å². The molecule has 1 aromatic heterocycles. The predicted molar refractivity (Wildman–Crippen MR) is 104 cm³/mol. The van der Waals surface area contributed by atoms with Crippen LogP contribution in [0.3, 0.4) is 0 Å². The summed E-state index contributed by atoms with van der Waals surface area (Å²) in [7, 11) is 0.